The fraction of sp³-hybridized carbons (Fsp3) is 1.00. The number of hydrogen-bond donors (Lipinski definition) is 1. The molecule has 1 heterocycles. The average molecular weight is 210 g/mol. The zero-order valence-electron chi connectivity index (χ0n) is 10.5. The second kappa shape index (κ2) is 4.84. The van der Waals surface area contributed by atoms with Gasteiger partial charge in [0.05, 0.1) is 0 Å². The van der Waals surface area contributed by atoms with Crippen LogP contribution in [0.15, 0.2) is 0 Å². The van der Waals surface area contributed by atoms with Crippen molar-refractivity contribution >= 4 is 0 Å². The molecular weight excluding hydrogens is 184 g/mol. The molecule has 0 amide bonds. The van der Waals surface area contributed by atoms with Crippen LogP contribution in [0.2, 0.25) is 0 Å². The van der Waals surface area contributed by atoms with E-state index in [1.165, 1.54) is 38.8 Å². The molecular formula is C13H26N2. The summed E-state index contributed by atoms with van der Waals surface area (Å²) in [5.41, 5.74) is 0. The maximum Gasteiger partial charge on any atom is 0.0220 e. The molecule has 0 aromatic rings. The van der Waals surface area contributed by atoms with Crippen molar-refractivity contribution in [2.24, 2.45) is 11.8 Å². The highest BCUT2D eigenvalue weighted by Crippen LogP contribution is 2.29. The third kappa shape index (κ3) is 2.73. The molecule has 15 heavy (non-hydrogen) atoms. The SMILES string of the molecule is CC(C)C[C@@H]1CNC2CCCC2CN1C. The molecule has 2 heteroatoms. The van der Waals surface area contributed by atoms with E-state index in [1.54, 1.807) is 0 Å². The van der Waals surface area contributed by atoms with Crippen LogP contribution in [-0.2, 0) is 0 Å². The van der Waals surface area contributed by atoms with Gasteiger partial charge in [-0.05, 0) is 38.1 Å². The summed E-state index contributed by atoms with van der Waals surface area (Å²) in [5.74, 6) is 1.74. The van der Waals surface area contributed by atoms with Crippen LogP contribution in [-0.4, -0.2) is 37.1 Å². The van der Waals surface area contributed by atoms with Crippen molar-refractivity contribution in [1.29, 1.82) is 0 Å². The fourth-order valence-corrected chi connectivity index (χ4v) is 3.29. The van der Waals surface area contributed by atoms with Crippen LogP contribution in [0.4, 0.5) is 0 Å². The minimum absolute atomic E-state index is 0.760. The summed E-state index contributed by atoms with van der Waals surface area (Å²) in [5, 5.41) is 3.79. The summed E-state index contributed by atoms with van der Waals surface area (Å²) in [6, 6.07) is 1.58. The molecule has 2 aliphatic rings. The zero-order chi connectivity index (χ0) is 10.8. The summed E-state index contributed by atoms with van der Waals surface area (Å²) < 4.78 is 0. The smallest absolute Gasteiger partial charge is 0.0220 e. The highest BCUT2D eigenvalue weighted by molar-refractivity contribution is 4.90. The van der Waals surface area contributed by atoms with E-state index in [4.69, 9.17) is 0 Å². The second-order valence-electron chi connectivity index (χ2n) is 5.93. The Labute approximate surface area is 94.4 Å². The van der Waals surface area contributed by atoms with E-state index < -0.39 is 0 Å². The molecule has 0 bridgehead atoms. The van der Waals surface area contributed by atoms with E-state index >= 15 is 0 Å². The lowest BCUT2D eigenvalue weighted by Gasteiger charge is -2.28. The predicted octanol–water partition coefficient (Wildman–Crippen LogP) is 2.10. The topological polar surface area (TPSA) is 15.3 Å². The molecule has 2 nitrogen and oxygen atoms in total. The molecule has 0 aromatic carbocycles. The summed E-state index contributed by atoms with van der Waals surface area (Å²) in [7, 11) is 2.31. The van der Waals surface area contributed by atoms with E-state index in [1.807, 2.05) is 0 Å². The molecule has 2 rings (SSSR count). The Balaban J connectivity index is 1.93. The van der Waals surface area contributed by atoms with E-state index in [2.05, 4.69) is 31.1 Å². The first kappa shape index (κ1) is 11.4. The lowest BCUT2D eigenvalue weighted by molar-refractivity contribution is 0.206. The van der Waals surface area contributed by atoms with Gasteiger partial charge in [-0.25, -0.2) is 0 Å². The van der Waals surface area contributed by atoms with Crippen molar-refractivity contribution in [2.75, 3.05) is 20.1 Å². The van der Waals surface area contributed by atoms with E-state index in [0.717, 1.165) is 23.9 Å². The monoisotopic (exact) mass is 210 g/mol. The predicted molar refractivity (Wildman–Crippen MR) is 65.0 cm³/mol. The second-order valence-corrected chi connectivity index (χ2v) is 5.93. The Morgan fingerprint density at radius 2 is 2.13 bits per heavy atom. The molecule has 2 unspecified atom stereocenters. The van der Waals surface area contributed by atoms with Gasteiger partial charge in [0.2, 0.25) is 0 Å². The van der Waals surface area contributed by atoms with Gasteiger partial charge in [-0.2, -0.15) is 0 Å². The minimum atomic E-state index is 0.760. The molecule has 0 radical (unpaired) electrons. The van der Waals surface area contributed by atoms with Crippen LogP contribution < -0.4 is 5.32 Å². The Hall–Kier alpha value is -0.0800. The number of rotatable bonds is 2. The highest BCUT2D eigenvalue weighted by Gasteiger charge is 2.33. The van der Waals surface area contributed by atoms with Gasteiger partial charge in [-0.15, -0.1) is 0 Å². The normalized spacial score (nSPS) is 38.0. The van der Waals surface area contributed by atoms with Crippen LogP contribution in [0.1, 0.15) is 39.5 Å². The molecule has 1 saturated carbocycles. The highest BCUT2D eigenvalue weighted by atomic mass is 15.2. The van der Waals surface area contributed by atoms with Crippen LogP contribution in [0, 0.1) is 11.8 Å². The van der Waals surface area contributed by atoms with Gasteiger partial charge in [0.1, 0.15) is 0 Å². The van der Waals surface area contributed by atoms with E-state index in [9.17, 15) is 0 Å². The van der Waals surface area contributed by atoms with E-state index in [-0.39, 0.29) is 0 Å². The lowest BCUT2D eigenvalue weighted by Crippen LogP contribution is -2.39. The summed E-state index contributed by atoms with van der Waals surface area (Å²) in [6.07, 6.45) is 5.62. The standard InChI is InChI=1S/C13H26N2/c1-10(2)7-12-8-14-13-6-4-5-11(13)9-15(12)3/h10-14H,4-9H2,1-3H3/t11?,12-,13?/m1/s1. The maximum absolute atomic E-state index is 3.79. The van der Waals surface area contributed by atoms with Gasteiger partial charge in [0.25, 0.3) is 0 Å². The molecule has 1 aliphatic heterocycles. The van der Waals surface area contributed by atoms with Crippen molar-refractivity contribution in [1.82, 2.24) is 10.2 Å². The Morgan fingerprint density at radius 3 is 2.87 bits per heavy atom. The number of fused-ring (bicyclic) bond motifs is 1. The van der Waals surface area contributed by atoms with Crippen LogP contribution in [0.25, 0.3) is 0 Å². The van der Waals surface area contributed by atoms with Crippen molar-refractivity contribution < 1.29 is 0 Å². The van der Waals surface area contributed by atoms with Gasteiger partial charge >= 0.3 is 0 Å². The molecule has 1 aliphatic carbocycles. The van der Waals surface area contributed by atoms with Gasteiger partial charge in [0.15, 0.2) is 0 Å². The first-order chi connectivity index (χ1) is 7.16. The molecule has 2 fully saturated rings. The summed E-state index contributed by atoms with van der Waals surface area (Å²) >= 11 is 0. The Morgan fingerprint density at radius 1 is 1.33 bits per heavy atom. The van der Waals surface area contributed by atoms with Crippen molar-refractivity contribution in [3.8, 4) is 0 Å². The van der Waals surface area contributed by atoms with Crippen molar-refractivity contribution in [3.63, 3.8) is 0 Å². The van der Waals surface area contributed by atoms with Gasteiger partial charge in [0, 0.05) is 25.2 Å². The Kier molecular flexibility index (Phi) is 3.68. The van der Waals surface area contributed by atoms with Crippen LogP contribution in [0.3, 0.4) is 0 Å². The fourth-order valence-electron chi connectivity index (χ4n) is 3.29. The van der Waals surface area contributed by atoms with Gasteiger partial charge in [-0.1, -0.05) is 20.3 Å². The molecule has 88 valence electrons. The van der Waals surface area contributed by atoms with Crippen molar-refractivity contribution in [3.05, 3.63) is 0 Å². The lowest BCUT2D eigenvalue weighted by atomic mass is 10.0. The minimum Gasteiger partial charge on any atom is -0.312 e. The summed E-state index contributed by atoms with van der Waals surface area (Å²) in [6.45, 7) is 7.18. The van der Waals surface area contributed by atoms with Crippen molar-refractivity contribution in [2.45, 2.75) is 51.6 Å². The molecule has 0 spiro atoms. The summed E-state index contributed by atoms with van der Waals surface area (Å²) in [4.78, 5) is 2.60. The number of hydrogen-bond acceptors (Lipinski definition) is 2. The number of likely N-dealkylation sites (N-methyl/N-ethyl adjacent to an activating group) is 1. The third-order valence-electron chi connectivity index (χ3n) is 4.16. The number of nitrogens with zero attached hydrogens (tertiary/aromatic N) is 1. The van der Waals surface area contributed by atoms with Crippen LogP contribution in [0.5, 0.6) is 0 Å². The van der Waals surface area contributed by atoms with Gasteiger partial charge in [-0.3, -0.25) is 0 Å². The quantitative estimate of drug-likeness (QED) is 0.751. The molecule has 1 saturated heterocycles. The van der Waals surface area contributed by atoms with E-state index in [0.29, 0.717) is 0 Å². The first-order valence-electron chi connectivity index (χ1n) is 6.60. The maximum atomic E-state index is 3.79. The van der Waals surface area contributed by atoms with Crippen LogP contribution >= 0.6 is 0 Å². The average Bonchev–Trinajstić information content (AvgIpc) is 2.54. The Bertz CT molecular complexity index is 203. The third-order valence-corrected chi connectivity index (χ3v) is 4.16. The molecule has 0 aromatic heterocycles. The number of nitrogens with one attached hydrogen (secondary N) is 1. The largest absolute Gasteiger partial charge is 0.312 e. The first-order valence-corrected chi connectivity index (χ1v) is 6.60. The molecule has 1 N–H and O–H groups in total. The zero-order valence-corrected chi connectivity index (χ0v) is 10.5. The van der Waals surface area contributed by atoms with Gasteiger partial charge < -0.3 is 10.2 Å². The molecule has 3 atom stereocenters.